The van der Waals surface area contributed by atoms with Crippen LogP contribution in [0.5, 0.6) is 5.75 Å². The topological polar surface area (TPSA) is 40.5 Å². The molecular formula is C18H24O2. The summed E-state index contributed by atoms with van der Waals surface area (Å²) in [6.07, 6.45) is 2.84. The Labute approximate surface area is 121 Å². The molecule has 0 aromatic heterocycles. The third-order valence-electron chi connectivity index (χ3n) is 3.13. The molecule has 0 amide bonds. The van der Waals surface area contributed by atoms with Gasteiger partial charge in [-0.15, -0.1) is 0 Å². The highest BCUT2D eigenvalue weighted by Crippen LogP contribution is 2.18. The summed E-state index contributed by atoms with van der Waals surface area (Å²) in [5, 5.41) is 18.6. The minimum atomic E-state index is -0.272. The molecule has 0 aliphatic rings. The van der Waals surface area contributed by atoms with E-state index in [2.05, 4.69) is 6.92 Å². The Kier molecular flexibility index (Phi) is 7.44. The highest BCUT2D eigenvalue weighted by atomic mass is 16.3. The molecule has 2 N–H and O–H groups in total. The number of aliphatic hydroxyl groups is 1. The lowest BCUT2D eigenvalue weighted by Crippen LogP contribution is -1.95. The molecule has 0 radical (unpaired) electrons. The number of aliphatic hydroxyl groups excluding tert-OH is 1. The summed E-state index contributed by atoms with van der Waals surface area (Å²) >= 11 is 0. The predicted octanol–water partition coefficient (Wildman–Crippen LogP) is 4.61. The fraction of sp³-hybridized carbons (Fsp3) is 0.333. The summed E-state index contributed by atoms with van der Waals surface area (Å²) in [5.41, 5.74) is 1.96. The molecule has 0 saturated heterocycles. The normalized spacial score (nSPS) is 11.3. The van der Waals surface area contributed by atoms with Crippen molar-refractivity contribution in [2.24, 2.45) is 0 Å². The predicted molar refractivity (Wildman–Crippen MR) is 83.8 cm³/mol. The quantitative estimate of drug-likeness (QED) is 0.853. The van der Waals surface area contributed by atoms with Crippen molar-refractivity contribution in [2.75, 3.05) is 0 Å². The van der Waals surface area contributed by atoms with Gasteiger partial charge < -0.3 is 10.2 Å². The average Bonchev–Trinajstić information content (AvgIpc) is 2.49. The molecule has 108 valence electrons. The zero-order valence-electron chi connectivity index (χ0n) is 12.3. The lowest BCUT2D eigenvalue weighted by molar-refractivity contribution is 0.164. The van der Waals surface area contributed by atoms with Crippen LogP contribution in [0.3, 0.4) is 0 Å². The standard InChI is InChI=1S/C11H16O.C7H8O/c1-2-3-9-11(12)10-7-5-4-6-8-10;1-6-4-2-3-5-7(6)8/h4-8,11-12H,2-3,9H2,1H3;2-5,8H,1H3. The highest BCUT2D eigenvalue weighted by Gasteiger charge is 2.04. The Bertz CT molecular complexity index is 459. The number of aryl methyl sites for hydroxylation is 1. The minimum absolute atomic E-state index is 0.272. The molecule has 2 nitrogen and oxygen atoms in total. The van der Waals surface area contributed by atoms with E-state index in [0.29, 0.717) is 5.75 Å². The molecule has 0 fully saturated rings. The van der Waals surface area contributed by atoms with Gasteiger partial charge in [-0.05, 0) is 30.5 Å². The number of hydrogen-bond donors (Lipinski definition) is 2. The van der Waals surface area contributed by atoms with Crippen molar-refractivity contribution in [3.05, 3.63) is 65.7 Å². The van der Waals surface area contributed by atoms with Crippen molar-refractivity contribution in [1.29, 1.82) is 0 Å². The molecule has 1 atom stereocenters. The molecule has 0 aliphatic heterocycles. The fourth-order valence-corrected chi connectivity index (χ4v) is 1.80. The Morgan fingerprint density at radius 2 is 1.55 bits per heavy atom. The van der Waals surface area contributed by atoms with E-state index in [1.54, 1.807) is 6.07 Å². The van der Waals surface area contributed by atoms with Gasteiger partial charge in [0.1, 0.15) is 5.75 Å². The van der Waals surface area contributed by atoms with Gasteiger partial charge in [0.2, 0.25) is 0 Å². The summed E-state index contributed by atoms with van der Waals surface area (Å²) in [6, 6.07) is 17.1. The first kappa shape index (κ1) is 16.3. The second-order valence-electron chi connectivity index (χ2n) is 4.86. The number of aromatic hydroxyl groups is 1. The average molecular weight is 272 g/mol. The Hall–Kier alpha value is -1.80. The summed E-state index contributed by atoms with van der Waals surface area (Å²) in [5.74, 6) is 0.368. The van der Waals surface area contributed by atoms with Crippen molar-refractivity contribution in [1.82, 2.24) is 0 Å². The number of benzene rings is 2. The zero-order valence-corrected chi connectivity index (χ0v) is 12.3. The van der Waals surface area contributed by atoms with Crippen molar-refractivity contribution in [2.45, 2.75) is 39.2 Å². The van der Waals surface area contributed by atoms with Crippen molar-refractivity contribution in [3.63, 3.8) is 0 Å². The maximum absolute atomic E-state index is 9.65. The number of rotatable bonds is 4. The molecule has 2 aromatic rings. The van der Waals surface area contributed by atoms with Crippen LogP contribution in [0, 0.1) is 6.92 Å². The van der Waals surface area contributed by atoms with Gasteiger partial charge in [-0.2, -0.15) is 0 Å². The van der Waals surface area contributed by atoms with Crippen LogP contribution in [0.2, 0.25) is 0 Å². The van der Waals surface area contributed by atoms with Gasteiger partial charge in [-0.25, -0.2) is 0 Å². The first-order chi connectivity index (χ1) is 9.65. The van der Waals surface area contributed by atoms with Crippen molar-refractivity contribution in [3.8, 4) is 5.75 Å². The van der Waals surface area contributed by atoms with Gasteiger partial charge in [-0.1, -0.05) is 68.3 Å². The van der Waals surface area contributed by atoms with E-state index < -0.39 is 0 Å². The van der Waals surface area contributed by atoms with Gasteiger partial charge in [-0.3, -0.25) is 0 Å². The number of hydrogen-bond acceptors (Lipinski definition) is 2. The first-order valence-electron chi connectivity index (χ1n) is 7.12. The molecule has 0 aliphatic carbocycles. The van der Waals surface area contributed by atoms with Gasteiger partial charge in [0, 0.05) is 0 Å². The van der Waals surface area contributed by atoms with Crippen molar-refractivity contribution >= 4 is 0 Å². The molecule has 20 heavy (non-hydrogen) atoms. The van der Waals surface area contributed by atoms with Crippen LogP contribution in [0.4, 0.5) is 0 Å². The van der Waals surface area contributed by atoms with E-state index in [1.165, 1.54) is 0 Å². The smallest absolute Gasteiger partial charge is 0.118 e. The van der Waals surface area contributed by atoms with Crippen LogP contribution in [0.1, 0.15) is 43.4 Å². The highest BCUT2D eigenvalue weighted by molar-refractivity contribution is 5.29. The summed E-state index contributed by atoms with van der Waals surface area (Å²) in [6.45, 7) is 4.01. The van der Waals surface area contributed by atoms with Crippen LogP contribution < -0.4 is 0 Å². The fourth-order valence-electron chi connectivity index (χ4n) is 1.80. The van der Waals surface area contributed by atoms with E-state index >= 15 is 0 Å². The lowest BCUT2D eigenvalue weighted by Gasteiger charge is -2.09. The maximum Gasteiger partial charge on any atom is 0.118 e. The van der Waals surface area contributed by atoms with Gasteiger partial charge >= 0.3 is 0 Å². The Morgan fingerprint density at radius 3 is 2.05 bits per heavy atom. The second-order valence-corrected chi connectivity index (χ2v) is 4.86. The number of para-hydroxylation sites is 1. The maximum atomic E-state index is 9.65. The minimum Gasteiger partial charge on any atom is -0.508 e. The lowest BCUT2D eigenvalue weighted by atomic mass is 10.0. The van der Waals surface area contributed by atoms with Gasteiger partial charge in [0.05, 0.1) is 6.10 Å². The largest absolute Gasteiger partial charge is 0.508 e. The van der Waals surface area contributed by atoms with Crippen LogP contribution in [0.15, 0.2) is 54.6 Å². The Balaban J connectivity index is 0.000000217. The van der Waals surface area contributed by atoms with E-state index in [9.17, 15) is 5.11 Å². The van der Waals surface area contributed by atoms with Crippen LogP contribution in [-0.2, 0) is 0 Å². The van der Waals surface area contributed by atoms with Gasteiger partial charge in [0.15, 0.2) is 0 Å². The first-order valence-corrected chi connectivity index (χ1v) is 7.12. The number of unbranched alkanes of at least 4 members (excludes halogenated alkanes) is 1. The molecule has 0 spiro atoms. The molecule has 1 unspecified atom stereocenters. The van der Waals surface area contributed by atoms with E-state index in [0.717, 1.165) is 30.4 Å². The SMILES string of the molecule is CCCCC(O)c1ccccc1.Cc1ccccc1O. The van der Waals surface area contributed by atoms with E-state index in [1.807, 2.05) is 55.5 Å². The molecule has 2 heteroatoms. The summed E-state index contributed by atoms with van der Waals surface area (Å²) in [4.78, 5) is 0. The molecule has 2 aromatic carbocycles. The monoisotopic (exact) mass is 272 g/mol. The number of phenols is 1. The van der Waals surface area contributed by atoms with Crippen LogP contribution in [-0.4, -0.2) is 10.2 Å². The third-order valence-corrected chi connectivity index (χ3v) is 3.13. The zero-order chi connectivity index (χ0) is 14.8. The van der Waals surface area contributed by atoms with Gasteiger partial charge in [0.25, 0.3) is 0 Å². The van der Waals surface area contributed by atoms with E-state index in [4.69, 9.17) is 5.11 Å². The molecular weight excluding hydrogens is 248 g/mol. The molecule has 0 saturated carbocycles. The third kappa shape index (κ3) is 5.89. The van der Waals surface area contributed by atoms with Crippen LogP contribution >= 0.6 is 0 Å². The van der Waals surface area contributed by atoms with Crippen molar-refractivity contribution < 1.29 is 10.2 Å². The van der Waals surface area contributed by atoms with Crippen LogP contribution in [0.25, 0.3) is 0 Å². The summed E-state index contributed by atoms with van der Waals surface area (Å²) < 4.78 is 0. The molecule has 2 rings (SSSR count). The Morgan fingerprint density at radius 1 is 0.950 bits per heavy atom. The molecule has 0 bridgehead atoms. The molecule has 0 heterocycles. The second kappa shape index (κ2) is 9.16. The number of phenolic OH excluding ortho intramolecular Hbond substituents is 1. The van der Waals surface area contributed by atoms with E-state index in [-0.39, 0.29) is 6.10 Å². The summed E-state index contributed by atoms with van der Waals surface area (Å²) in [7, 11) is 0.